The number of nitrogens with one attached hydrogen (secondary N) is 2. The number of aryl methyl sites for hydroxylation is 1. The van der Waals surface area contributed by atoms with Gasteiger partial charge in [-0.05, 0) is 44.2 Å². The topological polar surface area (TPSA) is 105 Å². The van der Waals surface area contributed by atoms with E-state index >= 15 is 0 Å². The van der Waals surface area contributed by atoms with Gasteiger partial charge in [-0.3, -0.25) is 9.89 Å². The zero-order valence-corrected chi connectivity index (χ0v) is 20.2. The Labute approximate surface area is 205 Å². The summed E-state index contributed by atoms with van der Waals surface area (Å²) in [5.74, 6) is 1.85. The highest BCUT2D eigenvalue weighted by Crippen LogP contribution is 2.42. The van der Waals surface area contributed by atoms with Crippen LogP contribution < -0.4 is 10.1 Å². The SMILES string of the molecule is CCOc1cc2[nH]ncc2cc1Nc1ncnc2sc3c(c12)CC[C@H](C(=O)N1C[C@H]2C[C@@H]1CO2)C3. The Kier molecular flexibility index (Phi) is 4.92. The van der Waals surface area contributed by atoms with Crippen LogP contribution in [0.25, 0.3) is 21.1 Å². The molecular formula is C25H26N6O3S. The van der Waals surface area contributed by atoms with Gasteiger partial charge in [0.2, 0.25) is 5.91 Å². The van der Waals surface area contributed by atoms with Crippen LogP contribution in [-0.4, -0.2) is 62.9 Å². The molecule has 3 aliphatic rings. The third-order valence-electron chi connectivity index (χ3n) is 7.47. The molecule has 9 nitrogen and oxygen atoms in total. The summed E-state index contributed by atoms with van der Waals surface area (Å²) in [6, 6.07) is 4.26. The first-order valence-electron chi connectivity index (χ1n) is 12.2. The van der Waals surface area contributed by atoms with Crippen LogP contribution in [-0.2, 0) is 22.4 Å². The van der Waals surface area contributed by atoms with Crippen LogP contribution in [0.5, 0.6) is 5.75 Å². The maximum atomic E-state index is 13.3. The lowest BCUT2D eigenvalue weighted by molar-refractivity contribution is -0.140. The molecule has 3 aromatic heterocycles. The third-order valence-corrected chi connectivity index (χ3v) is 8.63. The first-order valence-corrected chi connectivity index (χ1v) is 13.0. The van der Waals surface area contributed by atoms with Gasteiger partial charge in [0.15, 0.2) is 0 Å². The normalized spacial score (nSPS) is 23.2. The molecule has 180 valence electrons. The smallest absolute Gasteiger partial charge is 0.226 e. The van der Waals surface area contributed by atoms with Crippen molar-refractivity contribution in [2.24, 2.45) is 5.92 Å². The molecule has 5 heterocycles. The number of hydrogen-bond donors (Lipinski definition) is 2. The largest absolute Gasteiger partial charge is 0.492 e. The minimum atomic E-state index is 0.0346. The molecule has 3 atom stereocenters. The van der Waals surface area contributed by atoms with E-state index in [0.29, 0.717) is 19.1 Å². The summed E-state index contributed by atoms with van der Waals surface area (Å²) in [7, 11) is 0. The minimum absolute atomic E-state index is 0.0346. The third kappa shape index (κ3) is 3.46. The fourth-order valence-electron chi connectivity index (χ4n) is 5.79. The van der Waals surface area contributed by atoms with Crippen molar-refractivity contribution in [2.75, 3.05) is 25.1 Å². The molecular weight excluding hydrogens is 464 g/mol. The van der Waals surface area contributed by atoms with Gasteiger partial charge in [0.05, 0.1) is 48.1 Å². The molecule has 10 heteroatoms. The van der Waals surface area contributed by atoms with E-state index in [9.17, 15) is 4.79 Å². The van der Waals surface area contributed by atoms with E-state index < -0.39 is 0 Å². The number of carbonyl (C=O) groups is 1. The van der Waals surface area contributed by atoms with E-state index in [2.05, 4.69) is 30.4 Å². The summed E-state index contributed by atoms with van der Waals surface area (Å²) in [6.45, 7) is 3.97. The highest BCUT2D eigenvalue weighted by molar-refractivity contribution is 7.19. The monoisotopic (exact) mass is 490 g/mol. The molecule has 1 amide bonds. The Hall–Kier alpha value is -3.24. The van der Waals surface area contributed by atoms with Gasteiger partial charge in [0, 0.05) is 28.8 Å². The number of benzene rings is 1. The Morgan fingerprint density at radius 1 is 1.37 bits per heavy atom. The van der Waals surface area contributed by atoms with Crippen LogP contribution in [0.3, 0.4) is 0 Å². The second kappa shape index (κ2) is 8.17. The van der Waals surface area contributed by atoms with Crippen molar-refractivity contribution in [2.45, 2.75) is 44.8 Å². The van der Waals surface area contributed by atoms with Crippen molar-refractivity contribution >= 4 is 49.9 Å². The van der Waals surface area contributed by atoms with Gasteiger partial charge in [0.1, 0.15) is 22.7 Å². The van der Waals surface area contributed by atoms with Crippen molar-refractivity contribution in [1.82, 2.24) is 25.1 Å². The summed E-state index contributed by atoms with van der Waals surface area (Å²) in [5, 5.41) is 12.7. The standard InChI is InChI=1S/C25H26N6O3S/c1-2-33-20-8-18-14(9-28-30-18)5-19(20)29-23-22-17-4-3-13(6-21(17)35-24(22)27-12-26-23)25(32)31-10-16-7-15(31)11-34-16/h5,8-9,12-13,15-16H,2-4,6-7,10-11H2,1H3,(H,28,30)(H,26,27,29)/t13-,15+,16+/m0/s1. The number of carbonyl (C=O) groups excluding carboxylic acids is 1. The fourth-order valence-corrected chi connectivity index (χ4v) is 7.06. The molecule has 0 radical (unpaired) electrons. The van der Waals surface area contributed by atoms with Gasteiger partial charge in [-0.2, -0.15) is 5.10 Å². The van der Waals surface area contributed by atoms with Crippen molar-refractivity contribution in [1.29, 1.82) is 0 Å². The molecule has 0 spiro atoms. The van der Waals surface area contributed by atoms with Crippen LogP contribution in [0.15, 0.2) is 24.7 Å². The molecule has 35 heavy (non-hydrogen) atoms. The van der Waals surface area contributed by atoms with E-state index in [4.69, 9.17) is 9.47 Å². The number of likely N-dealkylation sites (tertiary alicyclic amines) is 1. The van der Waals surface area contributed by atoms with Gasteiger partial charge < -0.3 is 19.7 Å². The molecule has 7 rings (SSSR count). The van der Waals surface area contributed by atoms with Gasteiger partial charge >= 0.3 is 0 Å². The second-order valence-corrected chi connectivity index (χ2v) is 10.6. The van der Waals surface area contributed by atoms with Gasteiger partial charge in [0.25, 0.3) is 0 Å². The number of anilines is 2. The number of hydrogen-bond acceptors (Lipinski definition) is 8. The summed E-state index contributed by atoms with van der Waals surface area (Å²) in [6.07, 6.45) is 7.11. The zero-order chi connectivity index (χ0) is 23.5. The molecule has 2 fully saturated rings. The first-order chi connectivity index (χ1) is 17.2. The van der Waals surface area contributed by atoms with Gasteiger partial charge in [-0.25, -0.2) is 9.97 Å². The Balaban J connectivity index is 1.20. The molecule has 4 aromatic rings. The maximum absolute atomic E-state index is 13.3. The average Bonchev–Trinajstić information content (AvgIpc) is 3.66. The van der Waals surface area contributed by atoms with Crippen LogP contribution in [0.2, 0.25) is 0 Å². The number of rotatable bonds is 5. The van der Waals surface area contributed by atoms with Crippen LogP contribution in [0, 0.1) is 5.92 Å². The summed E-state index contributed by atoms with van der Waals surface area (Å²) in [4.78, 5) is 26.8. The number of nitrogens with zero attached hydrogens (tertiary/aromatic N) is 4. The lowest BCUT2D eigenvalue weighted by Crippen LogP contribution is -2.45. The van der Waals surface area contributed by atoms with Gasteiger partial charge in [-0.1, -0.05) is 0 Å². The lowest BCUT2D eigenvalue weighted by atomic mass is 9.86. The number of fused-ring (bicyclic) bond motifs is 6. The van der Waals surface area contributed by atoms with Gasteiger partial charge in [-0.15, -0.1) is 11.3 Å². The Bertz CT molecular complexity index is 1450. The number of amides is 1. The number of thiophene rings is 1. The van der Waals surface area contributed by atoms with Crippen molar-refractivity contribution < 1.29 is 14.3 Å². The number of aromatic amines is 1. The quantitative estimate of drug-likeness (QED) is 0.438. The predicted octanol–water partition coefficient (Wildman–Crippen LogP) is 3.81. The zero-order valence-electron chi connectivity index (χ0n) is 19.4. The van der Waals surface area contributed by atoms with Crippen LogP contribution in [0.4, 0.5) is 11.5 Å². The Morgan fingerprint density at radius 2 is 2.31 bits per heavy atom. The lowest BCUT2D eigenvalue weighted by Gasteiger charge is -2.32. The Morgan fingerprint density at radius 3 is 3.14 bits per heavy atom. The van der Waals surface area contributed by atoms with E-state index in [1.807, 2.05) is 19.1 Å². The average molecular weight is 491 g/mol. The number of morpholine rings is 1. The summed E-state index contributed by atoms with van der Waals surface area (Å²) >= 11 is 1.69. The molecule has 0 unspecified atom stereocenters. The van der Waals surface area contributed by atoms with Crippen molar-refractivity contribution in [3.8, 4) is 5.75 Å². The highest BCUT2D eigenvalue weighted by atomic mass is 32.1. The molecule has 2 saturated heterocycles. The van der Waals surface area contributed by atoms with Crippen LogP contribution in [0.1, 0.15) is 30.2 Å². The van der Waals surface area contributed by atoms with E-state index in [0.717, 1.165) is 70.6 Å². The first kappa shape index (κ1) is 21.1. The molecule has 1 aliphatic carbocycles. The molecule has 1 aromatic carbocycles. The number of H-pyrrole nitrogens is 1. The highest BCUT2D eigenvalue weighted by Gasteiger charge is 2.43. The molecule has 2 aliphatic heterocycles. The van der Waals surface area contributed by atoms with Crippen molar-refractivity contribution in [3.05, 3.63) is 35.1 Å². The molecule has 2 N–H and O–H groups in total. The van der Waals surface area contributed by atoms with E-state index in [-0.39, 0.29) is 18.1 Å². The fraction of sp³-hybridized carbons (Fsp3) is 0.440. The van der Waals surface area contributed by atoms with Crippen LogP contribution >= 0.6 is 11.3 Å². The predicted molar refractivity (Wildman–Crippen MR) is 133 cm³/mol. The molecule has 0 saturated carbocycles. The van der Waals surface area contributed by atoms with E-state index in [1.165, 1.54) is 10.4 Å². The number of aromatic nitrogens is 4. The number of ether oxygens (including phenoxy) is 2. The van der Waals surface area contributed by atoms with E-state index in [1.54, 1.807) is 23.9 Å². The molecule has 2 bridgehead atoms. The second-order valence-electron chi connectivity index (χ2n) is 9.55. The summed E-state index contributed by atoms with van der Waals surface area (Å²) in [5.41, 5.74) is 3.04. The maximum Gasteiger partial charge on any atom is 0.226 e. The minimum Gasteiger partial charge on any atom is -0.492 e. The summed E-state index contributed by atoms with van der Waals surface area (Å²) < 4.78 is 11.6. The van der Waals surface area contributed by atoms with Crippen molar-refractivity contribution in [3.63, 3.8) is 0 Å².